The van der Waals surface area contributed by atoms with E-state index in [1.54, 1.807) is 0 Å². The van der Waals surface area contributed by atoms with Gasteiger partial charge < -0.3 is 10.1 Å². The van der Waals surface area contributed by atoms with Crippen molar-refractivity contribution in [3.63, 3.8) is 0 Å². The molecule has 0 fully saturated rings. The number of aldehydes is 1. The van der Waals surface area contributed by atoms with E-state index in [1.165, 1.54) is 5.57 Å². The van der Waals surface area contributed by atoms with Crippen molar-refractivity contribution in [3.05, 3.63) is 23.8 Å². The molecule has 2 heteroatoms. The number of allylic oxidation sites excluding steroid dienone is 3. The molecule has 0 radical (unpaired) electrons. The molecule has 0 aromatic heterocycles. The van der Waals surface area contributed by atoms with E-state index in [0.717, 1.165) is 25.7 Å². The smallest absolute Gasteiger partial charge is 0.133 e. The summed E-state index contributed by atoms with van der Waals surface area (Å²) in [5, 5.41) is 3.03. The summed E-state index contributed by atoms with van der Waals surface area (Å²) in [6.07, 6.45) is 9.40. The summed E-state index contributed by atoms with van der Waals surface area (Å²) >= 11 is 0. The molecular weight excluding hydrogens is 138 g/mol. The fourth-order valence-corrected chi connectivity index (χ4v) is 1.09. The topological polar surface area (TPSA) is 29.1 Å². The Labute approximate surface area is 67.0 Å². The first-order valence-electron chi connectivity index (χ1n) is 3.92. The summed E-state index contributed by atoms with van der Waals surface area (Å²) in [7, 11) is 0. The summed E-state index contributed by atoms with van der Waals surface area (Å²) in [5.74, 6) is 0. The van der Waals surface area contributed by atoms with Gasteiger partial charge in [-0.15, -0.1) is 0 Å². The van der Waals surface area contributed by atoms with E-state index in [0.29, 0.717) is 6.54 Å². The second kappa shape index (κ2) is 4.85. The summed E-state index contributed by atoms with van der Waals surface area (Å²) in [5.41, 5.74) is 1.45. The first-order valence-corrected chi connectivity index (χ1v) is 3.92. The van der Waals surface area contributed by atoms with Crippen LogP contribution in [0.2, 0.25) is 0 Å². The number of nitrogens with one attached hydrogen (secondary N) is 1. The van der Waals surface area contributed by atoms with Crippen LogP contribution in [0.25, 0.3) is 0 Å². The Morgan fingerprint density at radius 2 is 2.55 bits per heavy atom. The fourth-order valence-electron chi connectivity index (χ4n) is 1.09. The van der Waals surface area contributed by atoms with Gasteiger partial charge >= 0.3 is 0 Å². The zero-order valence-electron chi connectivity index (χ0n) is 6.55. The van der Waals surface area contributed by atoms with Crippen LogP contribution in [0.3, 0.4) is 0 Å². The molecule has 1 N–H and O–H groups in total. The maximum atomic E-state index is 9.91. The van der Waals surface area contributed by atoms with Gasteiger partial charge in [0.2, 0.25) is 0 Å². The predicted molar refractivity (Wildman–Crippen MR) is 45.4 cm³/mol. The summed E-state index contributed by atoms with van der Waals surface area (Å²) in [4.78, 5) is 9.91. The van der Waals surface area contributed by atoms with E-state index >= 15 is 0 Å². The first kappa shape index (κ1) is 8.21. The average Bonchev–Trinajstić information content (AvgIpc) is 2.50. The molecule has 0 heterocycles. The second-order valence-corrected chi connectivity index (χ2v) is 2.58. The van der Waals surface area contributed by atoms with Gasteiger partial charge in [-0.1, -0.05) is 23.8 Å². The van der Waals surface area contributed by atoms with E-state index in [1.807, 2.05) is 0 Å². The van der Waals surface area contributed by atoms with Crippen LogP contribution < -0.4 is 5.32 Å². The molecule has 0 amide bonds. The average molecular weight is 151 g/mol. The Balaban J connectivity index is 1.99. The lowest BCUT2D eigenvalue weighted by atomic mass is 10.2. The minimum atomic E-state index is 0.473. The van der Waals surface area contributed by atoms with Crippen molar-refractivity contribution >= 4 is 6.29 Å². The van der Waals surface area contributed by atoms with Gasteiger partial charge in [-0.3, -0.25) is 0 Å². The molecule has 11 heavy (non-hydrogen) atoms. The van der Waals surface area contributed by atoms with Crippen molar-refractivity contribution in [2.75, 3.05) is 13.1 Å². The molecule has 0 saturated heterocycles. The zero-order chi connectivity index (χ0) is 7.94. The normalized spacial score (nSPS) is 15.1. The second-order valence-electron chi connectivity index (χ2n) is 2.58. The number of carbonyl (C=O) groups excluding carboxylic acids is 1. The maximum Gasteiger partial charge on any atom is 0.133 e. The SMILES string of the molecule is O=CCNCCC1=CC=CC1. The molecule has 1 aliphatic rings. The Kier molecular flexibility index (Phi) is 3.62. The van der Waals surface area contributed by atoms with Crippen LogP contribution in [0.15, 0.2) is 23.8 Å². The molecule has 0 spiro atoms. The van der Waals surface area contributed by atoms with Crippen molar-refractivity contribution in [2.45, 2.75) is 12.8 Å². The van der Waals surface area contributed by atoms with Crippen molar-refractivity contribution in [1.29, 1.82) is 0 Å². The van der Waals surface area contributed by atoms with Crippen LogP contribution in [0.1, 0.15) is 12.8 Å². The lowest BCUT2D eigenvalue weighted by Gasteiger charge is -2.00. The van der Waals surface area contributed by atoms with Gasteiger partial charge in [0.15, 0.2) is 0 Å². The van der Waals surface area contributed by atoms with E-state index in [-0.39, 0.29) is 0 Å². The Morgan fingerprint density at radius 1 is 1.64 bits per heavy atom. The van der Waals surface area contributed by atoms with E-state index in [2.05, 4.69) is 23.5 Å². The van der Waals surface area contributed by atoms with Gasteiger partial charge in [0.1, 0.15) is 6.29 Å². The standard InChI is InChI=1S/C9H13NO/c11-8-7-10-6-5-9-3-1-2-4-9/h1-3,8,10H,4-7H2. The Hall–Kier alpha value is -0.890. The highest BCUT2D eigenvalue weighted by molar-refractivity contribution is 5.51. The summed E-state index contributed by atoms with van der Waals surface area (Å²) in [6.45, 7) is 1.38. The largest absolute Gasteiger partial charge is 0.310 e. The van der Waals surface area contributed by atoms with Gasteiger partial charge in [0.25, 0.3) is 0 Å². The van der Waals surface area contributed by atoms with Gasteiger partial charge in [-0.2, -0.15) is 0 Å². The molecule has 0 atom stereocenters. The summed E-state index contributed by atoms with van der Waals surface area (Å²) in [6, 6.07) is 0. The molecule has 0 aromatic rings. The molecule has 0 aromatic carbocycles. The van der Waals surface area contributed by atoms with Crippen molar-refractivity contribution < 1.29 is 4.79 Å². The van der Waals surface area contributed by atoms with E-state index in [9.17, 15) is 4.79 Å². The molecule has 0 unspecified atom stereocenters. The van der Waals surface area contributed by atoms with E-state index in [4.69, 9.17) is 0 Å². The minimum absolute atomic E-state index is 0.473. The van der Waals surface area contributed by atoms with Crippen LogP contribution in [-0.2, 0) is 4.79 Å². The molecule has 1 rings (SSSR count). The van der Waals surface area contributed by atoms with Crippen LogP contribution >= 0.6 is 0 Å². The van der Waals surface area contributed by atoms with Crippen molar-refractivity contribution in [1.82, 2.24) is 5.32 Å². The lowest BCUT2D eigenvalue weighted by molar-refractivity contribution is -0.107. The maximum absolute atomic E-state index is 9.91. The Morgan fingerprint density at radius 3 is 3.18 bits per heavy atom. The highest BCUT2D eigenvalue weighted by atomic mass is 16.1. The number of hydrogen-bond donors (Lipinski definition) is 1. The van der Waals surface area contributed by atoms with Gasteiger partial charge in [-0.05, 0) is 19.4 Å². The quantitative estimate of drug-likeness (QED) is 0.470. The number of hydrogen-bond acceptors (Lipinski definition) is 2. The first-order chi connectivity index (χ1) is 5.43. The monoisotopic (exact) mass is 151 g/mol. The fraction of sp³-hybridized carbons (Fsp3) is 0.444. The minimum Gasteiger partial charge on any atom is -0.310 e. The van der Waals surface area contributed by atoms with Crippen LogP contribution in [0.5, 0.6) is 0 Å². The number of carbonyl (C=O) groups is 1. The Bertz CT molecular complexity index is 182. The third-order valence-corrected chi connectivity index (χ3v) is 1.70. The van der Waals surface area contributed by atoms with Crippen molar-refractivity contribution in [2.24, 2.45) is 0 Å². The molecule has 0 saturated carbocycles. The summed E-state index contributed by atoms with van der Waals surface area (Å²) < 4.78 is 0. The molecular formula is C9H13NO. The lowest BCUT2D eigenvalue weighted by Crippen LogP contribution is -2.17. The third-order valence-electron chi connectivity index (χ3n) is 1.70. The molecule has 0 aliphatic heterocycles. The zero-order valence-corrected chi connectivity index (χ0v) is 6.55. The van der Waals surface area contributed by atoms with Gasteiger partial charge in [0.05, 0.1) is 6.54 Å². The van der Waals surface area contributed by atoms with Gasteiger partial charge in [0, 0.05) is 0 Å². The number of rotatable bonds is 5. The predicted octanol–water partition coefficient (Wildman–Crippen LogP) is 1.05. The molecule has 2 nitrogen and oxygen atoms in total. The van der Waals surface area contributed by atoms with Gasteiger partial charge in [-0.25, -0.2) is 0 Å². The highest BCUT2D eigenvalue weighted by Crippen LogP contribution is 2.12. The molecule has 0 bridgehead atoms. The van der Waals surface area contributed by atoms with Crippen LogP contribution in [0, 0.1) is 0 Å². The van der Waals surface area contributed by atoms with Crippen molar-refractivity contribution in [3.8, 4) is 0 Å². The van der Waals surface area contributed by atoms with Crippen LogP contribution in [-0.4, -0.2) is 19.4 Å². The molecule has 60 valence electrons. The molecule has 1 aliphatic carbocycles. The van der Waals surface area contributed by atoms with Crippen LogP contribution in [0.4, 0.5) is 0 Å². The third kappa shape index (κ3) is 3.14. The highest BCUT2D eigenvalue weighted by Gasteiger charge is 1.97. The van der Waals surface area contributed by atoms with E-state index < -0.39 is 0 Å².